The molecule has 0 fully saturated rings. The van der Waals surface area contributed by atoms with Crippen molar-refractivity contribution in [2.24, 2.45) is 5.73 Å². The molecule has 0 aromatic heterocycles. The summed E-state index contributed by atoms with van der Waals surface area (Å²) in [5.74, 6) is 0. The fraction of sp³-hybridized carbons (Fsp3) is 0. The third-order valence-corrected chi connectivity index (χ3v) is 0. The Hall–Kier alpha value is -0.640. The minimum absolute atomic E-state index is 0. The topological polar surface area (TPSA) is 79.6 Å². The number of carbonyl (C=O) groups excluding carboxylic acids is 1. The zero-order valence-electron chi connectivity index (χ0n) is 2.94. The normalized spacial score (nSPS) is 2.40. The Morgan fingerprint density at radius 3 is 1.60 bits per heavy atom. The number of hydrogen-bond acceptors (Lipinski definition) is 1. The van der Waals surface area contributed by atoms with Crippen molar-refractivity contribution in [3.8, 4) is 0 Å². The highest BCUT2D eigenvalue weighted by Gasteiger charge is 1.19. The second-order valence-electron chi connectivity index (χ2n) is 0.136. The minimum atomic E-state index is 0. The number of halogens is 1. The zero-order chi connectivity index (χ0) is 2.71. The summed E-state index contributed by atoms with van der Waals surface area (Å²) in [6.07, 6.45) is 0.250. The third kappa shape index (κ3) is 15.2. The Labute approximate surface area is 29.1 Å². The number of rotatable bonds is 0. The Morgan fingerprint density at radius 1 is 1.60 bits per heavy atom. The van der Waals surface area contributed by atoms with Crippen LogP contribution in [-0.4, -0.2) is 6.41 Å². The van der Waals surface area contributed by atoms with Gasteiger partial charge in [-0.05, 0) is 0 Å². The van der Waals surface area contributed by atoms with Crippen LogP contribution >= 0.6 is 0 Å². The summed E-state index contributed by atoms with van der Waals surface area (Å²) in [5.41, 5.74) is 4.17. The standard InChI is InChI=1S/CH3NO.FH.H3N/c2-1-3;;/h1H,(H2,2,3);1H;1H3. The van der Waals surface area contributed by atoms with E-state index in [0.717, 1.165) is 0 Å². The van der Waals surface area contributed by atoms with E-state index < -0.39 is 0 Å². The van der Waals surface area contributed by atoms with E-state index in [2.05, 4.69) is 5.73 Å². The van der Waals surface area contributed by atoms with Crippen molar-refractivity contribution < 1.29 is 9.50 Å². The Kier molecular flexibility index (Phi) is 769. The number of hydrogen-bond donors (Lipinski definition) is 2. The Bertz CT molecular complexity index is 17.1. The largest absolute Gasteiger partial charge is 1.00 e. The fourth-order valence-corrected chi connectivity index (χ4v) is 0. The van der Waals surface area contributed by atoms with Gasteiger partial charge in [-0.15, -0.1) is 0 Å². The molecule has 0 unspecified atom stereocenters. The first kappa shape index (κ1) is 26.6. The van der Waals surface area contributed by atoms with Gasteiger partial charge in [-0.1, -0.05) is 0 Å². The van der Waals surface area contributed by atoms with Crippen LogP contribution in [0.4, 0.5) is 0 Å². The van der Waals surface area contributed by atoms with Crippen LogP contribution in [0.15, 0.2) is 0 Å². The quantitative estimate of drug-likeness (QED) is 0.292. The van der Waals surface area contributed by atoms with Crippen LogP contribution in [0.25, 0.3) is 0 Å². The molecule has 0 aromatic rings. The minimum Gasteiger partial charge on any atom is -1.00 e. The van der Waals surface area contributed by atoms with Crippen LogP contribution in [0.5, 0.6) is 0 Å². The van der Waals surface area contributed by atoms with Crippen molar-refractivity contribution in [3.05, 3.63) is 0 Å². The molecule has 0 radical (unpaired) electrons. The van der Waals surface area contributed by atoms with Crippen LogP contribution in [0.1, 0.15) is 0 Å². The van der Waals surface area contributed by atoms with Crippen molar-refractivity contribution >= 4 is 6.41 Å². The molecule has 0 aliphatic carbocycles. The van der Waals surface area contributed by atoms with E-state index in [9.17, 15) is 0 Å². The molecule has 0 saturated carbocycles. The number of carbonyl (C=O) groups is 1. The van der Waals surface area contributed by atoms with Gasteiger partial charge < -0.3 is 16.6 Å². The predicted molar refractivity (Wildman–Crippen MR) is 16.2 cm³/mol. The van der Waals surface area contributed by atoms with Gasteiger partial charge in [-0.25, -0.2) is 0 Å². The molecule has 0 rings (SSSR count). The van der Waals surface area contributed by atoms with Crippen molar-refractivity contribution in [3.63, 3.8) is 0 Å². The second-order valence-corrected chi connectivity index (χ2v) is 0.136. The SMILES string of the molecule is NC=O.[F-].[NH4+]. The summed E-state index contributed by atoms with van der Waals surface area (Å²) in [7, 11) is 0. The molecular formula is CH7FN2O. The van der Waals surface area contributed by atoms with Gasteiger partial charge in [0.15, 0.2) is 0 Å². The fourth-order valence-electron chi connectivity index (χ4n) is 0. The summed E-state index contributed by atoms with van der Waals surface area (Å²) in [6.45, 7) is 0. The molecule has 0 atom stereocenters. The first-order chi connectivity index (χ1) is 1.41. The number of quaternary nitrogens is 1. The molecule has 0 saturated heterocycles. The van der Waals surface area contributed by atoms with Crippen LogP contribution in [0.2, 0.25) is 0 Å². The van der Waals surface area contributed by atoms with E-state index in [4.69, 9.17) is 4.79 Å². The van der Waals surface area contributed by atoms with Gasteiger partial charge in [0, 0.05) is 0 Å². The van der Waals surface area contributed by atoms with Gasteiger partial charge in [0.1, 0.15) is 0 Å². The molecule has 0 bridgehead atoms. The first-order valence-corrected chi connectivity index (χ1v) is 0.569. The van der Waals surface area contributed by atoms with Gasteiger partial charge in [-0.2, -0.15) is 0 Å². The number of nitrogens with two attached hydrogens (primary N) is 1. The maximum atomic E-state index is 8.58. The molecule has 0 aliphatic rings. The number of amides is 1. The predicted octanol–water partition coefficient (Wildman–Crippen LogP) is -3.52. The molecule has 0 heterocycles. The van der Waals surface area contributed by atoms with E-state index in [-0.39, 0.29) is 17.3 Å². The third-order valence-electron chi connectivity index (χ3n) is 0. The van der Waals surface area contributed by atoms with E-state index >= 15 is 0 Å². The van der Waals surface area contributed by atoms with Crippen LogP contribution in [0.3, 0.4) is 0 Å². The summed E-state index contributed by atoms with van der Waals surface area (Å²) >= 11 is 0. The van der Waals surface area contributed by atoms with Crippen LogP contribution in [0, 0.1) is 0 Å². The van der Waals surface area contributed by atoms with Crippen LogP contribution < -0.4 is 16.6 Å². The molecule has 0 aliphatic heterocycles. The lowest BCUT2D eigenvalue weighted by atomic mass is 11.5. The van der Waals surface area contributed by atoms with Gasteiger partial charge in [-0.3, -0.25) is 4.79 Å². The Balaban J connectivity index is -0.0000000200. The zero-order valence-corrected chi connectivity index (χ0v) is 2.94. The van der Waals surface area contributed by atoms with Crippen LogP contribution in [-0.2, 0) is 4.79 Å². The lowest BCUT2D eigenvalue weighted by Crippen LogP contribution is -3.00. The van der Waals surface area contributed by atoms with E-state index in [1.807, 2.05) is 0 Å². The van der Waals surface area contributed by atoms with Gasteiger partial charge in [0.25, 0.3) is 0 Å². The van der Waals surface area contributed by atoms with Crippen molar-refractivity contribution in [1.29, 1.82) is 0 Å². The van der Waals surface area contributed by atoms with Crippen molar-refractivity contribution in [1.82, 2.24) is 6.15 Å². The van der Waals surface area contributed by atoms with Crippen molar-refractivity contribution in [2.45, 2.75) is 0 Å². The molecule has 3 nitrogen and oxygen atoms in total. The summed E-state index contributed by atoms with van der Waals surface area (Å²) in [5, 5.41) is 0. The average molecular weight is 82.1 g/mol. The van der Waals surface area contributed by atoms with Crippen molar-refractivity contribution in [2.75, 3.05) is 0 Å². The molecule has 0 spiro atoms. The molecule has 1 amide bonds. The molecule has 4 heteroatoms. The summed E-state index contributed by atoms with van der Waals surface area (Å²) in [6, 6.07) is 0. The summed E-state index contributed by atoms with van der Waals surface area (Å²) in [4.78, 5) is 8.58. The lowest BCUT2D eigenvalue weighted by molar-refractivity contribution is -0.106. The first-order valence-electron chi connectivity index (χ1n) is 0.569. The van der Waals surface area contributed by atoms with Gasteiger partial charge in [0.2, 0.25) is 6.41 Å². The smallest absolute Gasteiger partial charge is 0.204 e. The van der Waals surface area contributed by atoms with E-state index in [0.29, 0.717) is 0 Å². The molecule has 0 aromatic carbocycles. The Morgan fingerprint density at radius 2 is 1.60 bits per heavy atom. The molecular weight excluding hydrogens is 75.0 g/mol. The highest BCUT2D eigenvalue weighted by Crippen LogP contribution is 0.798. The summed E-state index contributed by atoms with van der Waals surface area (Å²) < 4.78 is 0. The highest BCUT2D eigenvalue weighted by atomic mass is 19.0. The molecule has 34 valence electrons. The monoisotopic (exact) mass is 82.1 g/mol. The molecule has 6 N–H and O–H groups in total. The van der Waals surface area contributed by atoms with Gasteiger partial charge >= 0.3 is 0 Å². The average Bonchev–Trinajstić information content (AvgIpc) is 0.918. The van der Waals surface area contributed by atoms with Gasteiger partial charge in [0.05, 0.1) is 0 Å². The molecule has 5 heavy (non-hydrogen) atoms. The number of primary amides is 1. The highest BCUT2D eigenvalue weighted by molar-refractivity contribution is 5.42. The van der Waals surface area contributed by atoms with E-state index in [1.165, 1.54) is 0 Å². The second kappa shape index (κ2) is 144. The van der Waals surface area contributed by atoms with E-state index in [1.54, 1.807) is 0 Å². The lowest BCUT2D eigenvalue weighted by Gasteiger charge is -1.32. The maximum Gasteiger partial charge on any atom is 0.204 e. The maximum absolute atomic E-state index is 8.58.